The average molecular weight is 453 g/mol. The molecule has 5 nitrogen and oxygen atoms in total. The fraction of sp³-hybridized carbons (Fsp3) is 0.125. The number of sulfone groups is 1. The molecule has 0 radical (unpaired) electrons. The van der Waals surface area contributed by atoms with Crippen molar-refractivity contribution in [1.29, 1.82) is 0 Å². The molecule has 0 aromatic heterocycles. The van der Waals surface area contributed by atoms with E-state index in [1.807, 2.05) is 36.6 Å². The van der Waals surface area contributed by atoms with Crippen molar-refractivity contribution in [2.24, 2.45) is 0 Å². The van der Waals surface area contributed by atoms with Crippen LogP contribution in [-0.4, -0.2) is 32.0 Å². The molecule has 3 aromatic rings. The van der Waals surface area contributed by atoms with Crippen molar-refractivity contribution >= 4 is 38.7 Å². The lowest BCUT2D eigenvalue weighted by Crippen LogP contribution is -2.28. The van der Waals surface area contributed by atoms with Crippen LogP contribution in [0.2, 0.25) is 0 Å². The number of hydrogen-bond acceptors (Lipinski definition) is 6. The summed E-state index contributed by atoms with van der Waals surface area (Å²) in [5, 5.41) is 11.6. The van der Waals surface area contributed by atoms with E-state index in [1.54, 1.807) is 48.2 Å². The monoisotopic (exact) mass is 452 g/mol. The smallest absolute Gasteiger partial charge is 0.342 e. The second kappa shape index (κ2) is 8.00. The van der Waals surface area contributed by atoms with E-state index in [9.17, 15) is 18.3 Å². The van der Waals surface area contributed by atoms with Crippen molar-refractivity contribution in [3.63, 3.8) is 0 Å². The van der Waals surface area contributed by atoms with E-state index in [-0.39, 0.29) is 10.5 Å². The summed E-state index contributed by atoms with van der Waals surface area (Å²) >= 11 is 1.58. The topological polar surface area (TPSA) is 80.7 Å². The molecule has 1 heterocycles. The Bertz CT molecular complexity index is 1260. The van der Waals surface area contributed by atoms with Gasteiger partial charge in [-0.3, -0.25) is 0 Å². The Hall–Kier alpha value is -2.87. The minimum absolute atomic E-state index is 0.146. The first kappa shape index (κ1) is 21.4. The Balaban J connectivity index is 1.96. The Morgan fingerprint density at radius 2 is 1.45 bits per heavy atom. The van der Waals surface area contributed by atoms with E-state index in [0.29, 0.717) is 22.3 Å². The number of carbonyl (C=O) groups excluding carboxylic acids is 1. The molecular formula is C24H20O5S2. The van der Waals surface area contributed by atoms with Crippen LogP contribution >= 0.6 is 11.8 Å². The van der Waals surface area contributed by atoms with Crippen molar-refractivity contribution in [1.82, 2.24) is 0 Å². The minimum Gasteiger partial charge on any atom is -0.421 e. The van der Waals surface area contributed by atoms with Crippen LogP contribution in [-0.2, 0) is 25.2 Å². The summed E-state index contributed by atoms with van der Waals surface area (Å²) in [7, 11) is -3.38. The number of ether oxygens (including phenoxy) is 1. The lowest BCUT2D eigenvalue weighted by molar-refractivity contribution is -0.178. The Labute approximate surface area is 185 Å². The van der Waals surface area contributed by atoms with E-state index in [0.717, 1.165) is 11.2 Å². The number of esters is 1. The van der Waals surface area contributed by atoms with E-state index in [1.165, 1.54) is 12.1 Å². The molecule has 4 rings (SSSR count). The lowest BCUT2D eigenvalue weighted by atomic mass is 9.87. The van der Waals surface area contributed by atoms with Crippen LogP contribution in [0.15, 0.2) is 88.7 Å². The second-order valence-electron chi connectivity index (χ2n) is 7.17. The average Bonchev–Trinajstić information content (AvgIpc) is 3.05. The summed E-state index contributed by atoms with van der Waals surface area (Å²) in [4.78, 5) is 14.2. The quantitative estimate of drug-likeness (QED) is 0.463. The third kappa shape index (κ3) is 3.92. The zero-order valence-electron chi connectivity index (χ0n) is 16.9. The fourth-order valence-corrected chi connectivity index (χ4v) is 4.64. The maximum absolute atomic E-state index is 13.0. The number of cyclic esters (lactones) is 1. The molecule has 0 bridgehead atoms. The highest BCUT2D eigenvalue weighted by Crippen LogP contribution is 2.48. The third-order valence-electron chi connectivity index (χ3n) is 5.15. The number of aliphatic hydroxyl groups is 1. The number of carbonyl (C=O) groups is 1. The van der Waals surface area contributed by atoms with Gasteiger partial charge in [-0.1, -0.05) is 54.6 Å². The molecule has 0 amide bonds. The normalized spacial score (nSPS) is 18.9. The molecule has 0 spiro atoms. The SMILES string of the molecule is CSc1ccc(C2=C(c3ccc(S(C)(=O)=O)cc3)C(=O)OC2(O)c2ccccc2)cc1. The van der Waals surface area contributed by atoms with Crippen LogP contribution in [0.25, 0.3) is 11.1 Å². The van der Waals surface area contributed by atoms with E-state index >= 15 is 0 Å². The Morgan fingerprint density at radius 1 is 0.871 bits per heavy atom. The van der Waals surface area contributed by atoms with Crippen LogP contribution in [0.4, 0.5) is 0 Å². The molecule has 1 N–H and O–H groups in total. The minimum atomic E-state index is -3.38. The first-order valence-electron chi connectivity index (χ1n) is 9.45. The summed E-state index contributed by atoms with van der Waals surface area (Å²) in [6, 6.07) is 22.2. The highest BCUT2D eigenvalue weighted by atomic mass is 32.2. The number of benzene rings is 3. The van der Waals surface area contributed by atoms with Crippen molar-refractivity contribution in [3.05, 3.63) is 95.6 Å². The summed E-state index contributed by atoms with van der Waals surface area (Å²) in [6.07, 6.45) is 3.09. The first-order chi connectivity index (χ1) is 14.7. The van der Waals surface area contributed by atoms with E-state index in [4.69, 9.17) is 4.74 Å². The van der Waals surface area contributed by atoms with Crippen LogP contribution < -0.4 is 0 Å². The summed E-state index contributed by atoms with van der Waals surface area (Å²) in [6.45, 7) is 0. The summed E-state index contributed by atoms with van der Waals surface area (Å²) in [5.41, 5.74) is 2.05. The van der Waals surface area contributed by atoms with Crippen molar-refractivity contribution < 1.29 is 23.1 Å². The predicted octanol–water partition coefficient (Wildman–Crippen LogP) is 4.12. The van der Waals surface area contributed by atoms with Gasteiger partial charge in [-0.2, -0.15) is 0 Å². The van der Waals surface area contributed by atoms with Gasteiger partial charge in [0.2, 0.25) is 0 Å². The van der Waals surface area contributed by atoms with Gasteiger partial charge in [0.05, 0.1) is 16.0 Å². The van der Waals surface area contributed by atoms with E-state index < -0.39 is 21.6 Å². The fourth-order valence-electron chi connectivity index (χ4n) is 3.60. The van der Waals surface area contributed by atoms with Gasteiger partial charge in [-0.15, -0.1) is 11.8 Å². The highest BCUT2D eigenvalue weighted by molar-refractivity contribution is 7.98. The third-order valence-corrected chi connectivity index (χ3v) is 7.02. The molecule has 1 atom stereocenters. The number of thioether (sulfide) groups is 1. The predicted molar refractivity (Wildman–Crippen MR) is 121 cm³/mol. The van der Waals surface area contributed by atoms with Crippen LogP contribution in [0.5, 0.6) is 0 Å². The lowest BCUT2D eigenvalue weighted by Gasteiger charge is -2.25. The molecular weight excluding hydrogens is 432 g/mol. The molecule has 0 saturated heterocycles. The number of rotatable bonds is 5. The standard InChI is InChI=1S/C24H20O5S2/c1-30-19-12-8-17(9-13-19)22-21(16-10-14-20(15-11-16)31(2,27)28)23(25)29-24(22,26)18-6-4-3-5-7-18/h3-15,26H,1-2H3. The molecule has 158 valence electrons. The van der Waals surface area contributed by atoms with Crippen molar-refractivity contribution in [2.45, 2.75) is 15.6 Å². The maximum Gasteiger partial charge on any atom is 0.342 e. The number of hydrogen-bond donors (Lipinski definition) is 1. The zero-order chi connectivity index (χ0) is 22.2. The molecule has 0 fully saturated rings. The van der Waals surface area contributed by atoms with Gasteiger partial charge in [0.25, 0.3) is 5.79 Å². The van der Waals surface area contributed by atoms with Gasteiger partial charge >= 0.3 is 5.97 Å². The van der Waals surface area contributed by atoms with Crippen molar-refractivity contribution in [2.75, 3.05) is 12.5 Å². The molecule has 1 aliphatic rings. The van der Waals surface area contributed by atoms with Crippen LogP contribution in [0.3, 0.4) is 0 Å². The molecule has 0 saturated carbocycles. The van der Waals surface area contributed by atoms with Crippen molar-refractivity contribution in [3.8, 4) is 0 Å². The second-order valence-corrected chi connectivity index (χ2v) is 10.1. The Morgan fingerprint density at radius 3 is 2.00 bits per heavy atom. The van der Waals surface area contributed by atoms with Gasteiger partial charge in [0.15, 0.2) is 9.84 Å². The Kier molecular flexibility index (Phi) is 5.51. The molecule has 31 heavy (non-hydrogen) atoms. The first-order valence-corrected chi connectivity index (χ1v) is 12.6. The maximum atomic E-state index is 13.0. The molecule has 7 heteroatoms. The van der Waals surface area contributed by atoms with Gasteiger partial charge in [0, 0.05) is 16.7 Å². The summed E-state index contributed by atoms with van der Waals surface area (Å²) in [5.74, 6) is -2.65. The molecule has 0 aliphatic carbocycles. The van der Waals surface area contributed by atoms with Crippen LogP contribution in [0.1, 0.15) is 16.7 Å². The van der Waals surface area contributed by atoms with Crippen LogP contribution in [0, 0.1) is 0 Å². The van der Waals surface area contributed by atoms with Gasteiger partial charge < -0.3 is 9.84 Å². The van der Waals surface area contributed by atoms with E-state index in [2.05, 4.69) is 0 Å². The van der Waals surface area contributed by atoms with Gasteiger partial charge in [0.1, 0.15) is 0 Å². The van der Waals surface area contributed by atoms with Gasteiger partial charge in [-0.05, 0) is 41.6 Å². The highest BCUT2D eigenvalue weighted by Gasteiger charge is 2.48. The van der Waals surface area contributed by atoms with Gasteiger partial charge in [-0.25, -0.2) is 13.2 Å². The molecule has 1 aliphatic heterocycles. The molecule has 3 aromatic carbocycles. The zero-order valence-corrected chi connectivity index (χ0v) is 18.5. The summed E-state index contributed by atoms with van der Waals surface area (Å²) < 4.78 is 29.2. The largest absolute Gasteiger partial charge is 0.421 e. The molecule has 1 unspecified atom stereocenters.